The number of carbonyl (C=O) groups is 1. The Kier molecular flexibility index (Phi) is 5.10. The fourth-order valence-electron chi connectivity index (χ4n) is 1.69. The summed E-state index contributed by atoms with van der Waals surface area (Å²) in [5, 5.41) is 2.92. The molecule has 0 unspecified atom stereocenters. The maximum Gasteiger partial charge on any atom is 0.261 e. The SMILES string of the molecule is CCCc1sc(C(=O)NCc2ccncc2)cc1Br. The van der Waals surface area contributed by atoms with Crippen LogP contribution in [0.15, 0.2) is 35.1 Å². The van der Waals surface area contributed by atoms with E-state index in [1.54, 1.807) is 23.7 Å². The third-order valence-electron chi connectivity index (χ3n) is 2.66. The average molecular weight is 339 g/mol. The number of thiophene rings is 1. The Morgan fingerprint density at radius 1 is 1.42 bits per heavy atom. The van der Waals surface area contributed by atoms with Crippen molar-refractivity contribution in [3.05, 3.63) is 50.4 Å². The van der Waals surface area contributed by atoms with Crippen LogP contribution in [-0.2, 0) is 13.0 Å². The Hall–Kier alpha value is -1.20. The molecule has 0 aliphatic rings. The van der Waals surface area contributed by atoms with Gasteiger partial charge in [-0.25, -0.2) is 0 Å². The lowest BCUT2D eigenvalue weighted by molar-refractivity contribution is 0.0955. The van der Waals surface area contributed by atoms with Gasteiger partial charge in [0.1, 0.15) is 0 Å². The molecule has 0 bridgehead atoms. The predicted molar refractivity (Wildman–Crippen MR) is 81.4 cm³/mol. The first-order valence-electron chi connectivity index (χ1n) is 6.16. The van der Waals surface area contributed by atoms with E-state index in [9.17, 15) is 4.79 Å². The maximum atomic E-state index is 12.1. The van der Waals surface area contributed by atoms with Gasteiger partial charge in [-0.1, -0.05) is 13.3 Å². The quantitative estimate of drug-likeness (QED) is 0.901. The lowest BCUT2D eigenvalue weighted by Crippen LogP contribution is -2.21. The number of pyridine rings is 1. The second-order valence-electron chi connectivity index (χ2n) is 4.17. The first kappa shape index (κ1) is 14.2. The van der Waals surface area contributed by atoms with Gasteiger partial charge in [-0.15, -0.1) is 11.3 Å². The molecule has 5 heteroatoms. The first-order valence-corrected chi connectivity index (χ1v) is 7.77. The van der Waals surface area contributed by atoms with Crippen molar-refractivity contribution in [3.63, 3.8) is 0 Å². The van der Waals surface area contributed by atoms with Gasteiger partial charge in [-0.05, 0) is 46.1 Å². The molecule has 2 aromatic rings. The summed E-state index contributed by atoms with van der Waals surface area (Å²) in [5.41, 5.74) is 1.05. The van der Waals surface area contributed by atoms with E-state index in [0.29, 0.717) is 6.54 Å². The van der Waals surface area contributed by atoms with Gasteiger partial charge in [0.2, 0.25) is 0 Å². The summed E-state index contributed by atoms with van der Waals surface area (Å²) in [6.45, 7) is 2.66. The lowest BCUT2D eigenvalue weighted by Gasteiger charge is -2.02. The summed E-state index contributed by atoms with van der Waals surface area (Å²) >= 11 is 5.06. The minimum absolute atomic E-state index is 0.0233. The van der Waals surface area contributed by atoms with Crippen molar-refractivity contribution in [3.8, 4) is 0 Å². The number of amides is 1. The number of rotatable bonds is 5. The summed E-state index contributed by atoms with van der Waals surface area (Å²) in [4.78, 5) is 18.0. The van der Waals surface area contributed by atoms with E-state index in [2.05, 4.69) is 33.2 Å². The Morgan fingerprint density at radius 3 is 2.84 bits per heavy atom. The fraction of sp³-hybridized carbons (Fsp3) is 0.286. The molecule has 1 amide bonds. The van der Waals surface area contributed by atoms with E-state index in [0.717, 1.165) is 27.8 Å². The van der Waals surface area contributed by atoms with Crippen LogP contribution in [0.2, 0.25) is 0 Å². The first-order chi connectivity index (χ1) is 9.20. The van der Waals surface area contributed by atoms with Crippen molar-refractivity contribution in [1.29, 1.82) is 0 Å². The number of aryl methyl sites for hydroxylation is 1. The van der Waals surface area contributed by atoms with E-state index in [1.165, 1.54) is 4.88 Å². The van der Waals surface area contributed by atoms with Crippen molar-refractivity contribution < 1.29 is 4.79 Å². The molecule has 0 atom stereocenters. The zero-order valence-corrected chi connectivity index (χ0v) is 13.1. The predicted octanol–water partition coefficient (Wildman–Crippen LogP) is 3.79. The van der Waals surface area contributed by atoms with Gasteiger partial charge in [-0.2, -0.15) is 0 Å². The molecule has 19 heavy (non-hydrogen) atoms. The summed E-state index contributed by atoms with van der Waals surface area (Å²) in [6.07, 6.45) is 5.53. The highest BCUT2D eigenvalue weighted by Crippen LogP contribution is 2.28. The van der Waals surface area contributed by atoms with Gasteiger partial charge >= 0.3 is 0 Å². The molecule has 0 radical (unpaired) electrons. The fourth-order valence-corrected chi connectivity index (χ4v) is 3.58. The zero-order chi connectivity index (χ0) is 13.7. The Morgan fingerprint density at radius 2 is 2.16 bits per heavy atom. The van der Waals surface area contributed by atoms with Crippen LogP contribution < -0.4 is 5.32 Å². The Balaban J connectivity index is 1.98. The maximum absolute atomic E-state index is 12.1. The van der Waals surface area contributed by atoms with Crippen LogP contribution in [0.1, 0.15) is 33.5 Å². The van der Waals surface area contributed by atoms with Crippen LogP contribution in [0.5, 0.6) is 0 Å². The minimum Gasteiger partial charge on any atom is -0.347 e. The topological polar surface area (TPSA) is 42.0 Å². The Labute approximate surface area is 125 Å². The molecule has 100 valence electrons. The standard InChI is InChI=1S/C14H15BrN2OS/c1-2-3-12-11(15)8-13(19-12)14(18)17-9-10-4-6-16-7-5-10/h4-8H,2-3,9H2,1H3,(H,17,18). The molecule has 0 spiro atoms. The molecule has 3 nitrogen and oxygen atoms in total. The highest BCUT2D eigenvalue weighted by molar-refractivity contribution is 9.10. The molecule has 2 rings (SSSR count). The smallest absolute Gasteiger partial charge is 0.261 e. The van der Waals surface area contributed by atoms with E-state index in [4.69, 9.17) is 0 Å². The number of hydrogen-bond acceptors (Lipinski definition) is 3. The molecule has 0 aliphatic heterocycles. The van der Waals surface area contributed by atoms with Crippen molar-refractivity contribution in [2.45, 2.75) is 26.3 Å². The van der Waals surface area contributed by atoms with E-state index in [1.807, 2.05) is 18.2 Å². The molecular formula is C14H15BrN2OS. The van der Waals surface area contributed by atoms with E-state index >= 15 is 0 Å². The molecule has 2 heterocycles. The monoisotopic (exact) mass is 338 g/mol. The summed E-state index contributed by atoms with van der Waals surface area (Å²) < 4.78 is 1.04. The van der Waals surface area contributed by atoms with Gasteiger partial charge in [0.15, 0.2) is 0 Å². The zero-order valence-electron chi connectivity index (χ0n) is 10.6. The second-order valence-corrected chi connectivity index (χ2v) is 6.16. The Bertz CT molecular complexity index is 554. The van der Waals surface area contributed by atoms with Crippen molar-refractivity contribution in [2.24, 2.45) is 0 Å². The van der Waals surface area contributed by atoms with Gasteiger partial charge < -0.3 is 5.32 Å². The summed E-state index contributed by atoms with van der Waals surface area (Å²) in [7, 11) is 0. The number of hydrogen-bond donors (Lipinski definition) is 1. The minimum atomic E-state index is -0.0233. The van der Waals surface area contributed by atoms with Gasteiger partial charge in [0, 0.05) is 28.3 Å². The molecule has 0 aliphatic carbocycles. The number of nitrogens with zero attached hydrogens (tertiary/aromatic N) is 1. The molecule has 0 aromatic carbocycles. The third-order valence-corrected chi connectivity index (χ3v) is 4.82. The second kappa shape index (κ2) is 6.82. The summed E-state index contributed by atoms with van der Waals surface area (Å²) in [6, 6.07) is 5.69. The van der Waals surface area contributed by atoms with Crippen LogP contribution >= 0.6 is 27.3 Å². The highest BCUT2D eigenvalue weighted by atomic mass is 79.9. The van der Waals surface area contributed by atoms with Crippen LogP contribution in [0, 0.1) is 0 Å². The number of aromatic nitrogens is 1. The van der Waals surface area contributed by atoms with E-state index in [-0.39, 0.29) is 5.91 Å². The normalized spacial score (nSPS) is 10.4. The molecule has 1 N–H and O–H groups in total. The lowest BCUT2D eigenvalue weighted by atomic mass is 10.2. The average Bonchev–Trinajstić information content (AvgIpc) is 2.79. The number of nitrogens with one attached hydrogen (secondary N) is 1. The molecule has 0 fully saturated rings. The van der Waals surface area contributed by atoms with Crippen molar-refractivity contribution in [1.82, 2.24) is 10.3 Å². The van der Waals surface area contributed by atoms with Crippen LogP contribution in [-0.4, -0.2) is 10.9 Å². The number of halogens is 1. The summed E-state index contributed by atoms with van der Waals surface area (Å²) in [5.74, 6) is -0.0233. The van der Waals surface area contributed by atoms with E-state index < -0.39 is 0 Å². The largest absolute Gasteiger partial charge is 0.347 e. The molecule has 0 saturated carbocycles. The third kappa shape index (κ3) is 3.88. The van der Waals surface area contributed by atoms with Gasteiger partial charge in [0.05, 0.1) is 4.88 Å². The van der Waals surface area contributed by atoms with Crippen LogP contribution in [0.4, 0.5) is 0 Å². The van der Waals surface area contributed by atoms with Crippen LogP contribution in [0.25, 0.3) is 0 Å². The number of carbonyl (C=O) groups excluding carboxylic acids is 1. The van der Waals surface area contributed by atoms with Crippen LogP contribution in [0.3, 0.4) is 0 Å². The van der Waals surface area contributed by atoms with Gasteiger partial charge in [-0.3, -0.25) is 9.78 Å². The molecule has 0 saturated heterocycles. The molecular weight excluding hydrogens is 324 g/mol. The molecule has 2 aromatic heterocycles. The van der Waals surface area contributed by atoms with Gasteiger partial charge in [0.25, 0.3) is 5.91 Å². The van der Waals surface area contributed by atoms with Crippen molar-refractivity contribution in [2.75, 3.05) is 0 Å². The highest BCUT2D eigenvalue weighted by Gasteiger charge is 2.12. The van der Waals surface area contributed by atoms with Crippen molar-refractivity contribution >= 4 is 33.2 Å².